The second-order valence-corrected chi connectivity index (χ2v) is 4.74. The average molecular weight is 301 g/mol. The molecule has 1 atom stereocenters. The highest BCUT2D eigenvalue weighted by Crippen LogP contribution is 2.27. The molecule has 1 aromatic rings. The molecular formula is C12H17BrN2O2. The monoisotopic (exact) mass is 300 g/mol. The molecular weight excluding hydrogens is 284 g/mol. The number of ether oxygens (including phenoxy) is 1. The van der Waals surface area contributed by atoms with Gasteiger partial charge in [-0.3, -0.25) is 4.79 Å². The SMILES string of the molecule is COC(CN)C(=O)Nc1c(C)cc(C)cc1Br. The number of benzene rings is 1. The first-order chi connectivity index (χ1) is 7.99. The number of anilines is 1. The summed E-state index contributed by atoms with van der Waals surface area (Å²) in [5, 5.41) is 2.82. The number of carbonyl (C=O) groups is 1. The number of halogens is 1. The van der Waals surface area contributed by atoms with Crippen LogP contribution in [0.2, 0.25) is 0 Å². The molecule has 1 aromatic carbocycles. The van der Waals surface area contributed by atoms with Crippen molar-refractivity contribution < 1.29 is 9.53 Å². The highest BCUT2D eigenvalue weighted by atomic mass is 79.9. The van der Waals surface area contributed by atoms with Crippen LogP contribution in [0.1, 0.15) is 11.1 Å². The zero-order valence-corrected chi connectivity index (χ0v) is 11.8. The van der Waals surface area contributed by atoms with Crippen LogP contribution in [0.15, 0.2) is 16.6 Å². The largest absolute Gasteiger partial charge is 0.370 e. The molecule has 3 N–H and O–H groups in total. The molecule has 0 fully saturated rings. The highest BCUT2D eigenvalue weighted by Gasteiger charge is 2.17. The second-order valence-electron chi connectivity index (χ2n) is 3.89. The summed E-state index contributed by atoms with van der Waals surface area (Å²) in [5.74, 6) is -0.234. The molecule has 1 amide bonds. The number of aryl methyl sites for hydroxylation is 2. The van der Waals surface area contributed by atoms with E-state index >= 15 is 0 Å². The fourth-order valence-electron chi connectivity index (χ4n) is 1.59. The summed E-state index contributed by atoms with van der Waals surface area (Å²) in [6, 6.07) is 3.96. The van der Waals surface area contributed by atoms with Gasteiger partial charge in [0.05, 0.1) is 5.69 Å². The maximum absolute atomic E-state index is 11.8. The van der Waals surface area contributed by atoms with Crippen LogP contribution < -0.4 is 11.1 Å². The number of nitrogens with two attached hydrogens (primary N) is 1. The molecule has 0 heterocycles. The predicted molar refractivity (Wildman–Crippen MR) is 72.1 cm³/mol. The van der Waals surface area contributed by atoms with Crippen LogP contribution >= 0.6 is 15.9 Å². The van der Waals surface area contributed by atoms with Crippen LogP contribution in [-0.2, 0) is 9.53 Å². The third-order valence-electron chi connectivity index (χ3n) is 2.47. The van der Waals surface area contributed by atoms with Gasteiger partial charge in [-0.25, -0.2) is 0 Å². The second kappa shape index (κ2) is 6.14. The molecule has 0 saturated heterocycles. The molecule has 4 nitrogen and oxygen atoms in total. The normalized spacial score (nSPS) is 12.3. The van der Waals surface area contributed by atoms with Crippen molar-refractivity contribution in [2.75, 3.05) is 19.0 Å². The summed E-state index contributed by atoms with van der Waals surface area (Å²) in [7, 11) is 1.47. The fourth-order valence-corrected chi connectivity index (χ4v) is 2.36. The van der Waals surface area contributed by atoms with Crippen molar-refractivity contribution in [2.24, 2.45) is 5.73 Å². The Balaban J connectivity index is 2.92. The van der Waals surface area contributed by atoms with E-state index in [-0.39, 0.29) is 12.5 Å². The first kappa shape index (κ1) is 14.2. The lowest BCUT2D eigenvalue weighted by atomic mass is 10.1. The van der Waals surface area contributed by atoms with Crippen molar-refractivity contribution in [1.82, 2.24) is 0 Å². The van der Waals surface area contributed by atoms with E-state index in [0.717, 1.165) is 21.3 Å². The first-order valence-electron chi connectivity index (χ1n) is 5.30. The van der Waals surface area contributed by atoms with Gasteiger partial charge in [0.2, 0.25) is 0 Å². The molecule has 0 aliphatic rings. The summed E-state index contributed by atoms with van der Waals surface area (Å²) in [4.78, 5) is 11.8. The Morgan fingerprint density at radius 1 is 1.53 bits per heavy atom. The first-order valence-corrected chi connectivity index (χ1v) is 6.09. The van der Waals surface area contributed by atoms with Crippen molar-refractivity contribution in [3.05, 3.63) is 27.7 Å². The molecule has 1 rings (SSSR count). The van der Waals surface area contributed by atoms with E-state index in [4.69, 9.17) is 10.5 Å². The quantitative estimate of drug-likeness (QED) is 0.894. The summed E-state index contributed by atoms with van der Waals surface area (Å²) in [5.41, 5.74) is 8.33. The smallest absolute Gasteiger partial charge is 0.254 e. The van der Waals surface area contributed by atoms with Gasteiger partial charge in [0.15, 0.2) is 0 Å². The lowest BCUT2D eigenvalue weighted by Gasteiger charge is -2.16. The Morgan fingerprint density at radius 2 is 2.18 bits per heavy atom. The van der Waals surface area contributed by atoms with Gasteiger partial charge in [-0.05, 0) is 47.0 Å². The minimum atomic E-state index is -0.623. The van der Waals surface area contributed by atoms with Gasteiger partial charge in [0.25, 0.3) is 5.91 Å². The number of rotatable bonds is 4. The van der Waals surface area contributed by atoms with Crippen LogP contribution in [0.5, 0.6) is 0 Å². The Kier molecular flexibility index (Phi) is 5.11. The van der Waals surface area contributed by atoms with E-state index in [1.165, 1.54) is 7.11 Å². The minimum absolute atomic E-state index is 0.158. The fraction of sp³-hybridized carbons (Fsp3) is 0.417. The standard InChI is InChI=1S/C12H17BrN2O2/c1-7-4-8(2)11(9(13)5-7)15-12(16)10(6-14)17-3/h4-5,10H,6,14H2,1-3H3,(H,15,16). The van der Waals surface area contributed by atoms with Crippen molar-refractivity contribution in [3.8, 4) is 0 Å². The summed E-state index contributed by atoms with van der Waals surface area (Å²) in [6.45, 7) is 4.10. The van der Waals surface area contributed by atoms with E-state index in [1.54, 1.807) is 0 Å². The molecule has 0 aliphatic carbocycles. The van der Waals surface area contributed by atoms with Crippen LogP contribution in [0, 0.1) is 13.8 Å². The summed E-state index contributed by atoms with van der Waals surface area (Å²) < 4.78 is 5.84. The molecule has 1 unspecified atom stereocenters. The number of methoxy groups -OCH3 is 1. The van der Waals surface area contributed by atoms with E-state index in [1.807, 2.05) is 26.0 Å². The van der Waals surface area contributed by atoms with Crippen molar-refractivity contribution in [1.29, 1.82) is 0 Å². The Labute approximate surface area is 110 Å². The molecule has 0 radical (unpaired) electrons. The predicted octanol–water partition coefficient (Wildman–Crippen LogP) is 1.98. The van der Waals surface area contributed by atoms with E-state index in [2.05, 4.69) is 21.2 Å². The molecule has 0 saturated carbocycles. The topological polar surface area (TPSA) is 64.3 Å². The maximum atomic E-state index is 11.8. The third-order valence-corrected chi connectivity index (χ3v) is 3.10. The van der Waals surface area contributed by atoms with Gasteiger partial charge >= 0.3 is 0 Å². The number of amides is 1. The molecule has 0 spiro atoms. The molecule has 0 bridgehead atoms. The molecule has 0 aliphatic heterocycles. The number of hydrogen-bond acceptors (Lipinski definition) is 3. The Hall–Kier alpha value is -0.910. The third kappa shape index (κ3) is 3.52. The minimum Gasteiger partial charge on any atom is -0.370 e. The molecule has 5 heteroatoms. The molecule has 94 valence electrons. The van der Waals surface area contributed by atoms with Gasteiger partial charge < -0.3 is 15.8 Å². The van der Waals surface area contributed by atoms with E-state index < -0.39 is 6.10 Å². The Morgan fingerprint density at radius 3 is 2.65 bits per heavy atom. The summed E-state index contributed by atoms with van der Waals surface area (Å²) in [6.07, 6.45) is -0.623. The van der Waals surface area contributed by atoms with Crippen LogP contribution in [0.25, 0.3) is 0 Å². The Bertz CT molecular complexity index is 394. The zero-order chi connectivity index (χ0) is 13.0. The van der Waals surface area contributed by atoms with Gasteiger partial charge in [0, 0.05) is 18.1 Å². The van der Waals surface area contributed by atoms with Crippen LogP contribution in [0.4, 0.5) is 5.69 Å². The molecule has 17 heavy (non-hydrogen) atoms. The average Bonchev–Trinajstić information content (AvgIpc) is 2.25. The van der Waals surface area contributed by atoms with Crippen LogP contribution in [0.3, 0.4) is 0 Å². The summed E-state index contributed by atoms with van der Waals surface area (Å²) >= 11 is 3.43. The van der Waals surface area contributed by atoms with Crippen LogP contribution in [-0.4, -0.2) is 25.7 Å². The van der Waals surface area contributed by atoms with Gasteiger partial charge in [-0.2, -0.15) is 0 Å². The lowest BCUT2D eigenvalue weighted by molar-refractivity contribution is -0.125. The number of nitrogens with one attached hydrogen (secondary N) is 1. The van der Waals surface area contributed by atoms with Gasteiger partial charge in [-0.1, -0.05) is 6.07 Å². The van der Waals surface area contributed by atoms with Crippen molar-refractivity contribution in [3.63, 3.8) is 0 Å². The van der Waals surface area contributed by atoms with E-state index in [0.29, 0.717) is 0 Å². The van der Waals surface area contributed by atoms with Crippen molar-refractivity contribution >= 4 is 27.5 Å². The lowest BCUT2D eigenvalue weighted by Crippen LogP contribution is -2.36. The van der Waals surface area contributed by atoms with Gasteiger partial charge in [-0.15, -0.1) is 0 Å². The maximum Gasteiger partial charge on any atom is 0.254 e. The highest BCUT2D eigenvalue weighted by molar-refractivity contribution is 9.10. The molecule has 0 aromatic heterocycles. The van der Waals surface area contributed by atoms with Gasteiger partial charge in [0.1, 0.15) is 6.10 Å². The zero-order valence-electron chi connectivity index (χ0n) is 10.2. The van der Waals surface area contributed by atoms with E-state index in [9.17, 15) is 4.79 Å². The number of carbonyl (C=O) groups excluding carboxylic acids is 1. The number of hydrogen-bond donors (Lipinski definition) is 2. The van der Waals surface area contributed by atoms with Crippen molar-refractivity contribution in [2.45, 2.75) is 20.0 Å².